The lowest BCUT2D eigenvalue weighted by molar-refractivity contribution is 0.411. The van der Waals surface area contributed by atoms with E-state index in [0.717, 1.165) is 54.7 Å². The van der Waals surface area contributed by atoms with Gasteiger partial charge in [0.15, 0.2) is 0 Å². The first-order valence-corrected chi connectivity index (χ1v) is 7.68. The maximum Gasteiger partial charge on any atom is 0.225 e. The highest BCUT2D eigenvalue weighted by molar-refractivity contribution is 6.30. The predicted molar refractivity (Wildman–Crippen MR) is 86.5 cm³/mol. The van der Waals surface area contributed by atoms with Crippen LogP contribution in [0.1, 0.15) is 12.8 Å². The number of anilines is 1. The van der Waals surface area contributed by atoms with Gasteiger partial charge in [0.25, 0.3) is 0 Å². The second-order valence-corrected chi connectivity index (χ2v) is 5.85. The Kier molecular flexibility index (Phi) is 4.36. The third-order valence-corrected chi connectivity index (χ3v) is 4.27. The van der Waals surface area contributed by atoms with E-state index in [1.165, 1.54) is 0 Å². The van der Waals surface area contributed by atoms with Crippen molar-refractivity contribution in [2.75, 3.05) is 24.5 Å². The van der Waals surface area contributed by atoms with Gasteiger partial charge in [-0.15, -0.1) is 0 Å². The highest BCUT2D eigenvalue weighted by atomic mass is 35.5. The average molecular weight is 303 g/mol. The van der Waals surface area contributed by atoms with Gasteiger partial charge in [0.1, 0.15) is 0 Å². The van der Waals surface area contributed by atoms with Crippen molar-refractivity contribution in [1.82, 2.24) is 9.97 Å². The highest BCUT2D eigenvalue weighted by Gasteiger charge is 2.20. The minimum atomic E-state index is 0.640. The normalized spacial score (nSPS) is 16.2. The summed E-state index contributed by atoms with van der Waals surface area (Å²) in [5.41, 5.74) is 7.72. The Labute approximate surface area is 130 Å². The Morgan fingerprint density at radius 2 is 1.86 bits per heavy atom. The molecule has 1 fully saturated rings. The number of nitrogens with zero attached hydrogens (tertiary/aromatic N) is 3. The van der Waals surface area contributed by atoms with Gasteiger partial charge in [0, 0.05) is 29.9 Å². The van der Waals surface area contributed by atoms with Crippen molar-refractivity contribution < 1.29 is 0 Å². The fraction of sp³-hybridized carbons (Fsp3) is 0.375. The van der Waals surface area contributed by atoms with Crippen LogP contribution in [0.2, 0.25) is 5.02 Å². The molecule has 1 aliphatic heterocycles. The molecule has 1 saturated heterocycles. The van der Waals surface area contributed by atoms with Gasteiger partial charge in [-0.25, -0.2) is 9.97 Å². The van der Waals surface area contributed by atoms with E-state index >= 15 is 0 Å². The number of benzene rings is 1. The third kappa shape index (κ3) is 3.34. The van der Waals surface area contributed by atoms with E-state index in [1.807, 2.05) is 36.5 Å². The first-order chi connectivity index (χ1) is 10.3. The monoisotopic (exact) mass is 302 g/mol. The van der Waals surface area contributed by atoms with E-state index < -0.39 is 0 Å². The van der Waals surface area contributed by atoms with Crippen molar-refractivity contribution >= 4 is 17.5 Å². The minimum Gasteiger partial charge on any atom is -0.341 e. The molecule has 1 aromatic heterocycles. The van der Waals surface area contributed by atoms with Gasteiger partial charge in [0.2, 0.25) is 5.95 Å². The summed E-state index contributed by atoms with van der Waals surface area (Å²) in [6.45, 7) is 2.73. The smallest absolute Gasteiger partial charge is 0.225 e. The first kappa shape index (κ1) is 14.3. The molecule has 0 aliphatic carbocycles. The van der Waals surface area contributed by atoms with Gasteiger partial charge in [0.05, 0.1) is 5.69 Å². The second kappa shape index (κ2) is 6.41. The summed E-state index contributed by atoms with van der Waals surface area (Å²) in [6, 6.07) is 9.65. The first-order valence-electron chi connectivity index (χ1n) is 7.30. The topological polar surface area (TPSA) is 55.0 Å². The molecule has 3 rings (SSSR count). The quantitative estimate of drug-likeness (QED) is 0.947. The summed E-state index contributed by atoms with van der Waals surface area (Å²) in [4.78, 5) is 11.3. The van der Waals surface area contributed by atoms with Gasteiger partial charge in [-0.3, -0.25) is 0 Å². The Balaban J connectivity index is 1.79. The van der Waals surface area contributed by atoms with E-state index in [0.29, 0.717) is 5.92 Å². The number of halogens is 1. The molecular weight excluding hydrogens is 284 g/mol. The molecule has 0 amide bonds. The van der Waals surface area contributed by atoms with Crippen LogP contribution in [0.5, 0.6) is 0 Å². The highest BCUT2D eigenvalue weighted by Crippen LogP contribution is 2.23. The van der Waals surface area contributed by atoms with Crippen molar-refractivity contribution in [3.63, 3.8) is 0 Å². The fourth-order valence-electron chi connectivity index (χ4n) is 2.65. The van der Waals surface area contributed by atoms with Crippen LogP contribution < -0.4 is 10.6 Å². The summed E-state index contributed by atoms with van der Waals surface area (Å²) in [5.74, 6) is 1.44. The lowest BCUT2D eigenvalue weighted by atomic mass is 9.97. The van der Waals surface area contributed by atoms with Crippen LogP contribution in [0.15, 0.2) is 36.5 Å². The second-order valence-electron chi connectivity index (χ2n) is 5.41. The largest absolute Gasteiger partial charge is 0.341 e. The van der Waals surface area contributed by atoms with Gasteiger partial charge in [-0.2, -0.15) is 0 Å². The summed E-state index contributed by atoms with van der Waals surface area (Å²) in [5, 5.41) is 0.733. The van der Waals surface area contributed by atoms with Crippen molar-refractivity contribution in [3.05, 3.63) is 41.6 Å². The molecule has 21 heavy (non-hydrogen) atoms. The maximum absolute atomic E-state index is 5.93. The Bertz CT molecular complexity index is 591. The zero-order chi connectivity index (χ0) is 14.7. The molecule has 0 atom stereocenters. The molecule has 4 nitrogen and oxygen atoms in total. The number of piperidine rings is 1. The van der Waals surface area contributed by atoms with Crippen LogP contribution in [-0.4, -0.2) is 29.6 Å². The van der Waals surface area contributed by atoms with E-state index in [4.69, 9.17) is 17.3 Å². The zero-order valence-corrected chi connectivity index (χ0v) is 12.6. The molecule has 1 aromatic carbocycles. The molecule has 2 N–H and O–H groups in total. The average Bonchev–Trinajstić information content (AvgIpc) is 2.56. The number of aromatic nitrogens is 2. The van der Waals surface area contributed by atoms with Crippen molar-refractivity contribution in [1.29, 1.82) is 0 Å². The van der Waals surface area contributed by atoms with Crippen LogP contribution >= 0.6 is 11.6 Å². The van der Waals surface area contributed by atoms with Crippen LogP contribution in [0.3, 0.4) is 0 Å². The molecule has 0 saturated carbocycles. The molecule has 2 aromatic rings. The summed E-state index contributed by atoms with van der Waals surface area (Å²) < 4.78 is 0. The van der Waals surface area contributed by atoms with E-state index in [2.05, 4.69) is 14.9 Å². The van der Waals surface area contributed by atoms with Crippen molar-refractivity contribution in [2.45, 2.75) is 12.8 Å². The Hall–Kier alpha value is -1.65. The SMILES string of the molecule is NCC1CCN(c2nccc(-c3ccc(Cl)cc3)n2)CC1. The lowest BCUT2D eigenvalue weighted by Crippen LogP contribution is -2.37. The molecule has 110 valence electrons. The van der Waals surface area contributed by atoms with Gasteiger partial charge in [-0.1, -0.05) is 23.7 Å². The van der Waals surface area contributed by atoms with Crippen LogP contribution in [-0.2, 0) is 0 Å². The summed E-state index contributed by atoms with van der Waals surface area (Å²) in [6.07, 6.45) is 4.05. The summed E-state index contributed by atoms with van der Waals surface area (Å²) >= 11 is 5.93. The van der Waals surface area contributed by atoms with Gasteiger partial charge >= 0.3 is 0 Å². The lowest BCUT2D eigenvalue weighted by Gasteiger charge is -2.31. The molecule has 0 unspecified atom stereocenters. The van der Waals surface area contributed by atoms with Crippen molar-refractivity contribution in [3.8, 4) is 11.3 Å². The zero-order valence-electron chi connectivity index (χ0n) is 11.9. The predicted octanol–water partition coefficient (Wildman–Crippen LogP) is 2.97. The number of nitrogens with two attached hydrogens (primary N) is 1. The maximum atomic E-state index is 5.93. The van der Waals surface area contributed by atoms with Crippen LogP contribution in [0.4, 0.5) is 5.95 Å². The minimum absolute atomic E-state index is 0.640. The van der Waals surface area contributed by atoms with E-state index in [-0.39, 0.29) is 0 Å². The standard InChI is InChI=1S/C16H19ClN4/c17-14-3-1-13(2-4-14)15-5-8-19-16(20-15)21-9-6-12(11-18)7-10-21/h1-5,8,12H,6-7,9-11,18H2. The molecule has 1 aliphatic rings. The van der Waals surface area contributed by atoms with E-state index in [9.17, 15) is 0 Å². The number of rotatable bonds is 3. The van der Waals surface area contributed by atoms with Crippen molar-refractivity contribution in [2.24, 2.45) is 11.7 Å². The van der Waals surface area contributed by atoms with Gasteiger partial charge < -0.3 is 10.6 Å². The Morgan fingerprint density at radius 1 is 1.14 bits per heavy atom. The molecule has 0 bridgehead atoms. The molecular formula is C16H19ClN4. The van der Waals surface area contributed by atoms with E-state index in [1.54, 1.807) is 0 Å². The molecule has 0 radical (unpaired) electrons. The third-order valence-electron chi connectivity index (χ3n) is 4.01. The van der Waals surface area contributed by atoms with Crippen LogP contribution in [0, 0.1) is 5.92 Å². The molecule has 5 heteroatoms. The van der Waals surface area contributed by atoms with Crippen LogP contribution in [0.25, 0.3) is 11.3 Å². The molecule has 0 spiro atoms. The number of hydrogen-bond donors (Lipinski definition) is 1. The number of hydrogen-bond acceptors (Lipinski definition) is 4. The summed E-state index contributed by atoms with van der Waals surface area (Å²) in [7, 11) is 0. The molecule has 2 heterocycles. The van der Waals surface area contributed by atoms with Gasteiger partial charge in [-0.05, 0) is 43.5 Å². The fourth-order valence-corrected chi connectivity index (χ4v) is 2.78. The Morgan fingerprint density at radius 3 is 2.52 bits per heavy atom.